The summed E-state index contributed by atoms with van der Waals surface area (Å²) in [6.45, 7) is 1.45. The van der Waals surface area contributed by atoms with E-state index in [0.717, 1.165) is 24.2 Å². The number of hydrogen-bond acceptors (Lipinski definition) is 3. The Bertz CT molecular complexity index is 665. The number of halogens is 1. The maximum atomic E-state index is 11.8. The molecule has 1 aromatic heterocycles. The maximum absolute atomic E-state index is 11.8. The molecule has 1 amide bonds. The Morgan fingerprint density at radius 2 is 2.26 bits per heavy atom. The van der Waals surface area contributed by atoms with Crippen LogP contribution in [0.5, 0.6) is 0 Å². The highest BCUT2D eigenvalue weighted by molar-refractivity contribution is 6.32. The van der Waals surface area contributed by atoms with Crippen LogP contribution in [-0.2, 0) is 11.3 Å². The number of hydrogen-bond donors (Lipinski definition) is 1. The quantitative estimate of drug-likeness (QED) is 0.626. The van der Waals surface area contributed by atoms with Gasteiger partial charge in [-0.05, 0) is 30.2 Å². The third-order valence-corrected chi connectivity index (χ3v) is 3.69. The summed E-state index contributed by atoms with van der Waals surface area (Å²) in [7, 11) is 3.91. The second-order valence-electron chi connectivity index (χ2n) is 5.38. The molecule has 0 radical (unpaired) electrons. The molecule has 0 saturated heterocycles. The average molecular weight is 333 g/mol. The predicted octanol–water partition coefficient (Wildman–Crippen LogP) is 2.82. The summed E-state index contributed by atoms with van der Waals surface area (Å²) in [5.74, 6) is -0.122. The first kappa shape index (κ1) is 17.1. The number of imidazole rings is 1. The van der Waals surface area contributed by atoms with Crippen LogP contribution in [0, 0.1) is 0 Å². The van der Waals surface area contributed by atoms with E-state index in [1.807, 2.05) is 48.0 Å². The second kappa shape index (κ2) is 8.39. The van der Waals surface area contributed by atoms with Crippen molar-refractivity contribution in [3.8, 4) is 0 Å². The minimum atomic E-state index is -0.122. The van der Waals surface area contributed by atoms with Gasteiger partial charge in [0, 0.05) is 56.4 Å². The summed E-state index contributed by atoms with van der Waals surface area (Å²) in [5, 5.41) is 3.48. The van der Waals surface area contributed by atoms with E-state index < -0.39 is 0 Å². The first-order chi connectivity index (χ1) is 11.1. The van der Waals surface area contributed by atoms with Crippen molar-refractivity contribution in [2.45, 2.75) is 13.0 Å². The molecular formula is C17H21ClN4O. The number of aryl methyl sites for hydroxylation is 1. The first-order valence-electron chi connectivity index (χ1n) is 7.45. The normalized spacial score (nSPS) is 10.9. The van der Waals surface area contributed by atoms with Crippen LogP contribution in [0.15, 0.2) is 43.0 Å². The Hall–Kier alpha value is -2.27. The molecule has 1 aromatic carbocycles. The lowest BCUT2D eigenvalue weighted by Crippen LogP contribution is -2.22. The van der Waals surface area contributed by atoms with E-state index in [-0.39, 0.29) is 5.91 Å². The highest BCUT2D eigenvalue weighted by Crippen LogP contribution is 2.23. The van der Waals surface area contributed by atoms with Gasteiger partial charge in [-0.3, -0.25) is 4.79 Å². The maximum Gasteiger partial charge on any atom is 0.244 e. The van der Waals surface area contributed by atoms with Crippen molar-refractivity contribution < 1.29 is 4.79 Å². The van der Waals surface area contributed by atoms with Gasteiger partial charge < -0.3 is 14.8 Å². The minimum Gasteiger partial charge on any atom is -0.378 e. The van der Waals surface area contributed by atoms with Crippen molar-refractivity contribution in [2.75, 3.05) is 25.5 Å². The highest BCUT2D eigenvalue weighted by atomic mass is 35.5. The average Bonchev–Trinajstić information content (AvgIpc) is 3.03. The zero-order chi connectivity index (χ0) is 16.7. The lowest BCUT2D eigenvalue weighted by Gasteiger charge is -2.13. The van der Waals surface area contributed by atoms with Crippen LogP contribution in [0.4, 0.5) is 5.69 Å². The molecule has 0 unspecified atom stereocenters. The number of carbonyl (C=O) groups is 1. The van der Waals surface area contributed by atoms with Gasteiger partial charge in [-0.1, -0.05) is 17.7 Å². The molecule has 6 heteroatoms. The number of anilines is 1. The number of benzene rings is 1. The number of aromatic nitrogens is 2. The fourth-order valence-electron chi connectivity index (χ4n) is 2.05. The molecule has 0 bridgehead atoms. The van der Waals surface area contributed by atoms with Crippen LogP contribution in [0.2, 0.25) is 5.02 Å². The number of nitrogens with zero attached hydrogens (tertiary/aromatic N) is 3. The Kier molecular flexibility index (Phi) is 6.23. The van der Waals surface area contributed by atoms with Crippen LogP contribution >= 0.6 is 11.6 Å². The van der Waals surface area contributed by atoms with E-state index in [1.165, 1.54) is 6.08 Å². The summed E-state index contributed by atoms with van der Waals surface area (Å²) in [5.41, 5.74) is 1.85. The van der Waals surface area contributed by atoms with Crippen molar-refractivity contribution in [1.82, 2.24) is 14.9 Å². The Balaban J connectivity index is 1.79. The molecule has 2 rings (SSSR count). The van der Waals surface area contributed by atoms with Crippen molar-refractivity contribution >= 4 is 29.3 Å². The molecule has 0 aliphatic rings. The van der Waals surface area contributed by atoms with Gasteiger partial charge in [-0.25, -0.2) is 4.98 Å². The minimum absolute atomic E-state index is 0.122. The third-order valence-electron chi connectivity index (χ3n) is 3.37. The highest BCUT2D eigenvalue weighted by Gasteiger charge is 2.02. The monoisotopic (exact) mass is 332 g/mol. The zero-order valence-electron chi connectivity index (χ0n) is 13.4. The van der Waals surface area contributed by atoms with Crippen LogP contribution in [0.3, 0.4) is 0 Å². The topological polar surface area (TPSA) is 50.2 Å². The SMILES string of the molecule is CN(C)c1ccc(C=CC(=O)NCCCn2ccnc2)c(Cl)c1. The first-order valence-corrected chi connectivity index (χ1v) is 7.82. The predicted molar refractivity (Wildman–Crippen MR) is 94.7 cm³/mol. The van der Waals surface area contributed by atoms with Crippen LogP contribution in [0.25, 0.3) is 6.08 Å². The van der Waals surface area contributed by atoms with Crippen LogP contribution in [0.1, 0.15) is 12.0 Å². The van der Waals surface area contributed by atoms with Crippen molar-refractivity contribution in [3.05, 3.63) is 53.6 Å². The van der Waals surface area contributed by atoms with Gasteiger partial charge in [-0.15, -0.1) is 0 Å². The van der Waals surface area contributed by atoms with Gasteiger partial charge in [-0.2, -0.15) is 0 Å². The van der Waals surface area contributed by atoms with E-state index in [0.29, 0.717) is 11.6 Å². The van der Waals surface area contributed by atoms with E-state index >= 15 is 0 Å². The summed E-state index contributed by atoms with van der Waals surface area (Å²) < 4.78 is 1.98. The van der Waals surface area contributed by atoms with Gasteiger partial charge in [0.15, 0.2) is 0 Å². The zero-order valence-corrected chi connectivity index (χ0v) is 14.1. The van der Waals surface area contributed by atoms with Crippen molar-refractivity contribution in [1.29, 1.82) is 0 Å². The second-order valence-corrected chi connectivity index (χ2v) is 5.79. The molecule has 1 N–H and O–H groups in total. The summed E-state index contributed by atoms with van der Waals surface area (Å²) in [4.78, 5) is 17.7. The van der Waals surface area contributed by atoms with Crippen molar-refractivity contribution in [2.24, 2.45) is 0 Å². The number of carbonyl (C=O) groups excluding carboxylic acids is 1. The number of nitrogens with one attached hydrogen (secondary N) is 1. The smallest absolute Gasteiger partial charge is 0.244 e. The third kappa shape index (κ3) is 5.45. The molecule has 5 nitrogen and oxygen atoms in total. The van der Waals surface area contributed by atoms with Crippen molar-refractivity contribution in [3.63, 3.8) is 0 Å². The lowest BCUT2D eigenvalue weighted by molar-refractivity contribution is -0.116. The molecule has 2 aromatic rings. The molecule has 0 aliphatic heterocycles. The molecule has 0 aliphatic carbocycles. The van der Waals surface area contributed by atoms with E-state index in [4.69, 9.17) is 11.6 Å². The molecule has 1 heterocycles. The van der Waals surface area contributed by atoms with E-state index in [2.05, 4.69) is 10.3 Å². The molecule has 0 atom stereocenters. The number of amides is 1. The fraction of sp³-hybridized carbons (Fsp3) is 0.294. The summed E-state index contributed by atoms with van der Waals surface area (Å²) in [6, 6.07) is 5.75. The van der Waals surface area contributed by atoms with Gasteiger partial charge >= 0.3 is 0 Å². The summed E-state index contributed by atoms with van der Waals surface area (Å²) >= 11 is 6.22. The fourth-order valence-corrected chi connectivity index (χ4v) is 2.28. The largest absolute Gasteiger partial charge is 0.378 e. The van der Waals surface area contributed by atoms with E-state index in [1.54, 1.807) is 18.6 Å². The van der Waals surface area contributed by atoms with Gasteiger partial charge in [0.1, 0.15) is 0 Å². The summed E-state index contributed by atoms with van der Waals surface area (Å²) in [6.07, 6.45) is 9.50. The molecule has 0 spiro atoms. The molecule has 122 valence electrons. The van der Waals surface area contributed by atoms with Crippen LogP contribution in [-0.4, -0.2) is 36.1 Å². The van der Waals surface area contributed by atoms with Crippen LogP contribution < -0.4 is 10.2 Å². The van der Waals surface area contributed by atoms with E-state index in [9.17, 15) is 4.79 Å². The molecule has 0 saturated carbocycles. The molecule has 23 heavy (non-hydrogen) atoms. The van der Waals surface area contributed by atoms with Gasteiger partial charge in [0.2, 0.25) is 5.91 Å². The molecular weight excluding hydrogens is 312 g/mol. The Morgan fingerprint density at radius 1 is 1.43 bits per heavy atom. The van der Waals surface area contributed by atoms with Gasteiger partial charge in [0.25, 0.3) is 0 Å². The number of rotatable bonds is 7. The molecule has 0 fully saturated rings. The van der Waals surface area contributed by atoms with Gasteiger partial charge in [0.05, 0.1) is 6.33 Å². The Labute approximate surface area is 141 Å². The lowest BCUT2D eigenvalue weighted by atomic mass is 10.2. The standard InChI is InChI=1S/C17H21ClN4O/c1-21(2)15-6-4-14(16(18)12-15)5-7-17(23)20-8-3-10-22-11-9-19-13-22/h4-7,9,11-13H,3,8,10H2,1-2H3,(H,20,23). The Morgan fingerprint density at radius 3 is 2.91 bits per heavy atom.